The summed E-state index contributed by atoms with van der Waals surface area (Å²) in [6.07, 6.45) is 2.34. The van der Waals surface area contributed by atoms with Gasteiger partial charge in [-0.3, -0.25) is 9.59 Å². The number of allylic oxidation sites excluding steroid dienone is 4. The summed E-state index contributed by atoms with van der Waals surface area (Å²) in [6.45, 7) is 9.83. The Morgan fingerprint density at radius 3 is 2.00 bits per heavy atom. The fourth-order valence-corrected chi connectivity index (χ4v) is 6.63. The normalized spacial score (nSPS) is 20.5. The number of hydrogen-bond donors (Lipinski definition) is 0. The minimum absolute atomic E-state index is 0.0793. The molecular weight excluding hydrogens is 529 g/mol. The van der Waals surface area contributed by atoms with Gasteiger partial charge in [-0.05, 0) is 59.1 Å². The molecule has 2 aromatic rings. The first kappa shape index (κ1) is 28.6. The zero-order chi connectivity index (χ0) is 28.8. The second-order valence-electron chi connectivity index (χ2n) is 12.8. The molecule has 40 heavy (non-hydrogen) atoms. The number of methoxy groups -OCH3 is 1. The van der Waals surface area contributed by atoms with Crippen molar-refractivity contribution in [2.75, 3.05) is 20.3 Å². The van der Waals surface area contributed by atoms with Crippen molar-refractivity contribution in [1.29, 1.82) is 0 Å². The van der Waals surface area contributed by atoms with E-state index >= 15 is 0 Å². The number of Topliss-reactive ketones (excluding diaryl/α,β-unsaturated/α-hetero) is 2. The minimum atomic E-state index is -0.473. The minimum Gasteiger partial charge on any atom is -0.487 e. The van der Waals surface area contributed by atoms with E-state index in [1.165, 1.54) is 12.1 Å². The van der Waals surface area contributed by atoms with Gasteiger partial charge in [-0.1, -0.05) is 57.5 Å². The van der Waals surface area contributed by atoms with Crippen molar-refractivity contribution < 1.29 is 23.5 Å². The van der Waals surface area contributed by atoms with E-state index in [0.29, 0.717) is 47.9 Å². The van der Waals surface area contributed by atoms with Crippen LogP contribution in [0.2, 0.25) is 5.02 Å². The predicted molar refractivity (Wildman–Crippen MR) is 154 cm³/mol. The van der Waals surface area contributed by atoms with Gasteiger partial charge in [0.1, 0.15) is 18.2 Å². The summed E-state index contributed by atoms with van der Waals surface area (Å²) in [5.74, 6) is -0.128. The summed E-state index contributed by atoms with van der Waals surface area (Å²) in [5.41, 5.74) is 4.67. The summed E-state index contributed by atoms with van der Waals surface area (Å²) in [6, 6.07) is 11.7. The van der Waals surface area contributed by atoms with E-state index in [2.05, 4.69) is 32.6 Å². The molecule has 0 unspecified atom stereocenters. The number of benzene rings is 2. The predicted octanol–water partition coefficient (Wildman–Crippen LogP) is 7.39. The second-order valence-corrected chi connectivity index (χ2v) is 13.2. The molecular formula is C33H37ClFNO4. The first-order valence-corrected chi connectivity index (χ1v) is 14.2. The average Bonchev–Trinajstić information content (AvgIpc) is 2.86. The van der Waals surface area contributed by atoms with Crippen molar-refractivity contribution in [1.82, 2.24) is 4.90 Å². The highest BCUT2D eigenvalue weighted by atomic mass is 35.5. The largest absolute Gasteiger partial charge is 0.487 e. The van der Waals surface area contributed by atoms with Crippen LogP contribution in [0.25, 0.3) is 0 Å². The Hall–Kier alpha value is -2.96. The molecule has 0 saturated carbocycles. The number of carbonyl (C=O) groups excluding carboxylic acids is 2. The number of rotatable bonds is 7. The first-order chi connectivity index (χ1) is 18.9. The number of ether oxygens (including phenoxy) is 2. The molecule has 1 heterocycles. The van der Waals surface area contributed by atoms with Crippen LogP contribution in [0.4, 0.5) is 4.39 Å². The maximum Gasteiger partial charge on any atom is 0.162 e. The van der Waals surface area contributed by atoms with Gasteiger partial charge in [0.15, 0.2) is 11.6 Å². The second kappa shape index (κ2) is 10.8. The van der Waals surface area contributed by atoms with E-state index in [1.807, 2.05) is 12.1 Å². The van der Waals surface area contributed by atoms with Gasteiger partial charge >= 0.3 is 0 Å². The highest BCUT2D eigenvalue weighted by Gasteiger charge is 2.48. The molecule has 1 aliphatic heterocycles. The van der Waals surface area contributed by atoms with Crippen LogP contribution >= 0.6 is 11.6 Å². The Kier molecular flexibility index (Phi) is 7.71. The van der Waals surface area contributed by atoms with Crippen molar-refractivity contribution >= 4 is 23.2 Å². The smallest absolute Gasteiger partial charge is 0.162 e. The van der Waals surface area contributed by atoms with Gasteiger partial charge in [-0.25, -0.2) is 4.39 Å². The van der Waals surface area contributed by atoms with E-state index in [1.54, 1.807) is 25.3 Å². The Morgan fingerprint density at radius 1 is 0.900 bits per heavy atom. The summed E-state index contributed by atoms with van der Waals surface area (Å²) >= 11 is 6.74. The zero-order valence-electron chi connectivity index (χ0n) is 23.9. The topological polar surface area (TPSA) is 55.8 Å². The van der Waals surface area contributed by atoms with Crippen LogP contribution in [0.3, 0.4) is 0 Å². The Morgan fingerprint density at radius 2 is 1.48 bits per heavy atom. The van der Waals surface area contributed by atoms with Crippen molar-refractivity contribution in [2.45, 2.75) is 65.9 Å². The fourth-order valence-electron chi connectivity index (χ4n) is 6.39. The number of carbonyl (C=O) groups is 2. The molecule has 0 saturated heterocycles. The SMILES string of the molecule is COCCN1C2=C(C(=O)CC(C)(C)C2)C(c2ccc(OCc3ccc(F)cc3)c(Cl)c2)C2=C1CC(C)(C)CC2=O. The fraction of sp³-hybridized carbons (Fsp3) is 0.455. The third kappa shape index (κ3) is 5.61. The summed E-state index contributed by atoms with van der Waals surface area (Å²) in [5, 5.41) is 0.401. The van der Waals surface area contributed by atoms with Gasteiger partial charge in [0, 0.05) is 55.0 Å². The Balaban J connectivity index is 1.58. The molecule has 0 atom stereocenters. The zero-order valence-corrected chi connectivity index (χ0v) is 24.7. The van der Waals surface area contributed by atoms with Crippen LogP contribution in [0.5, 0.6) is 5.75 Å². The van der Waals surface area contributed by atoms with Gasteiger partial charge in [0.05, 0.1) is 11.6 Å². The standard InChI is InChI=1S/C33H37ClFNO4/c1-32(2)15-24-30(26(37)17-32)29(31-25(36(24)12-13-39-5)16-33(3,4)18-27(31)38)21-8-11-28(23(34)14-21)40-19-20-6-9-22(35)10-7-20/h6-11,14,29H,12-13,15-19H2,1-5H3. The molecule has 7 heteroatoms. The molecule has 0 bridgehead atoms. The monoisotopic (exact) mass is 565 g/mol. The number of ketones is 2. The quantitative estimate of drug-likeness (QED) is 0.350. The van der Waals surface area contributed by atoms with Crippen LogP contribution in [-0.4, -0.2) is 36.7 Å². The molecule has 0 radical (unpaired) electrons. The van der Waals surface area contributed by atoms with Crippen LogP contribution in [0.15, 0.2) is 65.0 Å². The number of halogens is 2. The lowest BCUT2D eigenvalue weighted by molar-refractivity contribution is -0.119. The van der Waals surface area contributed by atoms with Gasteiger partial charge in [0.2, 0.25) is 0 Å². The van der Waals surface area contributed by atoms with Gasteiger partial charge in [-0.15, -0.1) is 0 Å². The van der Waals surface area contributed by atoms with Gasteiger partial charge < -0.3 is 14.4 Å². The van der Waals surface area contributed by atoms with Crippen LogP contribution in [0.1, 0.15) is 70.4 Å². The lowest BCUT2D eigenvalue weighted by Gasteiger charge is -2.49. The van der Waals surface area contributed by atoms with Crippen LogP contribution < -0.4 is 4.74 Å². The molecule has 0 amide bonds. The molecule has 5 nitrogen and oxygen atoms in total. The lowest BCUT2D eigenvalue weighted by atomic mass is 9.63. The summed E-state index contributed by atoms with van der Waals surface area (Å²) in [4.78, 5) is 29.9. The molecule has 3 aliphatic rings. The highest BCUT2D eigenvalue weighted by Crippen LogP contribution is 2.54. The Labute approximate surface area is 241 Å². The number of hydrogen-bond acceptors (Lipinski definition) is 5. The van der Waals surface area contributed by atoms with Crippen molar-refractivity contribution in [3.63, 3.8) is 0 Å². The van der Waals surface area contributed by atoms with E-state index in [-0.39, 0.29) is 34.8 Å². The Bertz CT molecular complexity index is 1350. The van der Waals surface area contributed by atoms with Gasteiger partial charge in [-0.2, -0.15) is 0 Å². The maximum atomic E-state index is 13.9. The van der Waals surface area contributed by atoms with Crippen LogP contribution in [0, 0.1) is 16.6 Å². The van der Waals surface area contributed by atoms with Crippen molar-refractivity contribution in [3.8, 4) is 5.75 Å². The first-order valence-electron chi connectivity index (χ1n) is 13.8. The third-order valence-corrected chi connectivity index (χ3v) is 8.43. The molecule has 212 valence electrons. The summed E-state index contributed by atoms with van der Waals surface area (Å²) < 4.78 is 24.7. The van der Waals surface area contributed by atoms with E-state index < -0.39 is 5.92 Å². The lowest BCUT2D eigenvalue weighted by Crippen LogP contribution is -2.45. The molecule has 0 fully saturated rings. The van der Waals surface area contributed by atoms with E-state index in [0.717, 1.165) is 35.4 Å². The average molecular weight is 566 g/mol. The van der Waals surface area contributed by atoms with Crippen molar-refractivity contribution in [2.24, 2.45) is 10.8 Å². The van der Waals surface area contributed by atoms with E-state index in [9.17, 15) is 14.0 Å². The molecule has 5 rings (SSSR count). The third-order valence-electron chi connectivity index (χ3n) is 8.14. The molecule has 0 spiro atoms. The molecule has 0 N–H and O–H groups in total. The highest BCUT2D eigenvalue weighted by molar-refractivity contribution is 6.32. The molecule has 0 aromatic heterocycles. The van der Waals surface area contributed by atoms with Crippen molar-refractivity contribution in [3.05, 3.63) is 87.0 Å². The molecule has 2 aliphatic carbocycles. The van der Waals surface area contributed by atoms with E-state index in [4.69, 9.17) is 21.1 Å². The summed E-state index contributed by atoms with van der Waals surface area (Å²) in [7, 11) is 1.67. The number of nitrogens with zero attached hydrogens (tertiary/aromatic N) is 1. The van der Waals surface area contributed by atoms with Gasteiger partial charge in [0.25, 0.3) is 0 Å². The molecule has 2 aromatic carbocycles. The maximum absolute atomic E-state index is 13.9. The van der Waals surface area contributed by atoms with Crippen LogP contribution in [-0.2, 0) is 20.9 Å².